The van der Waals surface area contributed by atoms with Crippen LogP contribution in [-0.2, 0) is 16.1 Å². The molecular formula is C12H17ClN2O2S. The van der Waals surface area contributed by atoms with Crippen molar-refractivity contribution in [3.05, 3.63) is 21.3 Å². The summed E-state index contributed by atoms with van der Waals surface area (Å²) in [6.45, 7) is 4.38. The number of hydrogen-bond acceptors (Lipinski definition) is 4. The maximum absolute atomic E-state index is 11.6. The van der Waals surface area contributed by atoms with E-state index in [4.69, 9.17) is 16.3 Å². The van der Waals surface area contributed by atoms with Gasteiger partial charge in [-0.2, -0.15) is 0 Å². The molecule has 1 aliphatic rings. The van der Waals surface area contributed by atoms with Crippen LogP contribution in [-0.4, -0.2) is 55.6 Å². The number of ether oxygens (including phenoxy) is 1. The van der Waals surface area contributed by atoms with Crippen molar-refractivity contribution in [2.75, 3.05) is 39.9 Å². The molecule has 1 aromatic heterocycles. The van der Waals surface area contributed by atoms with Gasteiger partial charge in [0, 0.05) is 44.7 Å². The van der Waals surface area contributed by atoms with Crippen molar-refractivity contribution in [3.8, 4) is 0 Å². The number of amides is 1. The molecule has 2 heterocycles. The summed E-state index contributed by atoms with van der Waals surface area (Å²) in [4.78, 5) is 17.0. The molecule has 6 heteroatoms. The van der Waals surface area contributed by atoms with Gasteiger partial charge < -0.3 is 9.64 Å². The van der Waals surface area contributed by atoms with Gasteiger partial charge >= 0.3 is 0 Å². The van der Waals surface area contributed by atoms with Crippen LogP contribution in [0.15, 0.2) is 11.4 Å². The average Bonchev–Trinajstić information content (AvgIpc) is 2.76. The Bertz CT molecular complexity index is 403. The molecule has 100 valence electrons. The van der Waals surface area contributed by atoms with Crippen LogP contribution >= 0.6 is 22.9 Å². The third kappa shape index (κ3) is 3.45. The van der Waals surface area contributed by atoms with Crippen LogP contribution in [0.5, 0.6) is 0 Å². The first-order chi connectivity index (χ1) is 8.70. The fourth-order valence-electron chi connectivity index (χ4n) is 2.01. The van der Waals surface area contributed by atoms with Crippen molar-refractivity contribution in [1.29, 1.82) is 0 Å². The first kappa shape index (κ1) is 13.8. The smallest absolute Gasteiger partial charge is 0.248 e. The van der Waals surface area contributed by atoms with E-state index in [1.807, 2.05) is 16.3 Å². The Morgan fingerprint density at radius 2 is 2.17 bits per heavy atom. The van der Waals surface area contributed by atoms with Crippen molar-refractivity contribution >= 4 is 28.8 Å². The molecule has 1 aliphatic heterocycles. The maximum atomic E-state index is 11.6. The Morgan fingerprint density at radius 1 is 1.44 bits per heavy atom. The lowest BCUT2D eigenvalue weighted by atomic mass is 10.3. The fourth-order valence-corrected chi connectivity index (χ4v) is 3.15. The van der Waals surface area contributed by atoms with Crippen LogP contribution in [0, 0.1) is 0 Å². The summed E-state index contributed by atoms with van der Waals surface area (Å²) in [7, 11) is 1.55. The number of hydrogen-bond donors (Lipinski definition) is 0. The Hall–Kier alpha value is -0.620. The third-order valence-electron chi connectivity index (χ3n) is 3.05. The minimum atomic E-state index is 0.0753. The second kappa shape index (κ2) is 6.52. The lowest BCUT2D eigenvalue weighted by Gasteiger charge is -2.34. The van der Waals surface area contributed by atoms with Gasteiger partial charge in [0.2, 0.25) is 5.91 Å². The van der Waals surface area contributed by atoms with Crippen LogP contribution in [0.3, 0.4) is 0 Å². The van der Waals surface area contributed by atoms with E-state index in [1.54, 1.807) is 18.4 Å². The predicted molar refractivity (Wildman–Crippen MR) is 73.1 cm³/mol. The van der Waals surface area contributed by atoms with Crippen molar-refractivity contribution in [2.45, 2.75) is 6.54 Å². The van der Waals surface area contributed by atoms with Gasteiger partial charge in [0.15, 0.2) is 0 Å². The first-order valence-electron chi connectivity index (χ1n) is 5.91. The van der Waals surface area contributed by atoms with Crippen molar-refractivity contribution in [1.82, 2.24) is 9.80 Å². The summed E-state index contributed by atoms with van der Waals surface area (Å²) in [5, 5.41) is 2.86. The largest absolute Gasteiger partial charge is 0.375 e. The minimum absolute atomic E-state index is 0.0753. The van der Waals surface area contributed by atoms with Gasteiger partial charge in [-0.25, -0.2) is 0 Å². The van der Waals surface area contributed by atoms with E-state index in [1.165, 1.54) is 4.88 Å². The third-order valence-corrected chi connectivity index (χ3v) is 4.42. The molecule has 0 bridgehead atoms. The molecule has 2 rings (SSSR count). The zero-order chi connectivity index (χ0) is 13.0. The summed E-state index contributed by atoms with van der Waals surface area (Å²) in [6.07, 6.45) is 0. The summed E-state index contributed by atoms with van der Waals surface area (Å²) in [5.41, 5.74) is 0. The van der Waals surface area contributed by atoms with E-state index in [2.05, 4.69) is 4.90 Å². The molecule has 18 heavy (non-hydrogen) atoms. The van der Waals surface area contributed by atoms with Crippen molar-refractivity contribution in [3.63, 3.8) is 0 Å². The van der Waals surface area contributed by atoms with E-state index in [0.29, 0.717) is 0 Å². The van der Waals surface area contributed by atoms with Gasteiger partial charge in [-0.05, 0) is 11.4 Å². The normalized spacial score (nSPS) is 17.1. The van der Waals surface area contributed by atoms with Crippen LogP contribution in [0.4, 0.5) is 0 Å². The molecule has 0 spiro atoms. The zero-order valence-electron chi connectivity index (χ0n) is 10.4. The Labute approximate surface area is 116 Å². The molecule has 0 saturated carbocycles. The molecule has 0 N–H and O–H groups in total. The van der Waals surface area contributed by atoms with Gasteiger partial charge in [-0.3, -0.25) is 9.69 Å². The average molecular weight is 289 g/mol. The highest BCUT2D eigenvalue weighted by molar-refractivity contribution is 7.10. The van der Waals surface area contributed by atoms with Crippen molar-refractivity contribution in [2.24, 2.45) is 0 Å². The minimum Gasteiger partial charge on any atom is -0.375 e. The SMILES string of the molecule is COCC(=O)N1CCN(Cc2sccc2Cl)CC1. The molecule has 0 radical (unpaired) electrons. The second-order valence-electron chi connectivity index (χ2n) is 4.28. The highest BCUT2D eigenvalue weighted by Gasteiger charge is 2.21. The summed E-state index contributed by atoms with van der Waals surface area (Å²) >= 11 is 7.77. The Morgan fingerprint density at radius 3 is 2.72 bits per heavy atom. The summed E-state index contributed by atoms with van der Waals surface area (Å²) < 4.78 is 4.86. The lowest BCUT2D eigenvalue weighted by molar-refractivity contribution is -0.136. The molecule has 1 saturated heterocycles. The van der Waals surface area contributed by atoms with Crippen LogP contribution in [0.2, 0.25) is 5.02 Å². The molecular weight excluding hydrogens is 272 g/mol. The Balaban J connectivity index is 1.80. The number of methoxy groups -OCH3 is 1. The lowest BCUT2D eigenvalue weighted by Crippen LogP contribution is -2.49. The van der Waals surface area contributed by atoms with E-state index in [9.17, 15) is 4.79 Å². The summed E-state index contributed by atoms with van der Waals surface area (Å²) in [6, 6.07) is 1.93. The van der Waals surface area contributed by atoms with Gasteiger partial charge in [0.1, 0.15) is 6.61 Å². The van der Waals surface area contributed by atoms with E-state index in [-0.39, 0.29) is 12.5 Å². The molecule has 0 unspecified atom stereocenters. The zero-order valence-corrected chi connectivity index (χ0v) is 12.0. The predicted octanol–water partition coefficient (Wildman–Crippen LogP) is 1.69. The maximum Gasteiger partial charge on any atom is 0.248 e. The topological polar surface area (TPSA) is 32.8 Å². The van der Waals surface area contributed by atoms with E-state index < -0.39 is 0 Å². The fraction of sp³-hybridized carbons (Fsp3) is 0.583. The van der Waals surface area contributed by atoms with Gasteiger partial charge in [0.25, 0.3) is 0 Å². The highest BCUT2D eigenvalue weighted by Crippen LogP contribution is 2.23. The molecule has 0 aromatic carbocycles. The van der Waals surface area contributed by atoms with Gasteiger partial charge in [-0.15, -0.1) is 11.3 Å². The first-order valence-corrected chi connectivity index (χ1v) is 7.17. The van der Waals surface area contributed by atoms with Crippen LogP contribution in [0.25, 0.3) is 0 Å². The van der Waals surface area contributed by atoms with Crippen molar-refractivity contribution < 1.29 is 9.53 Å². The van der Waals surface area contributed by atoms with Crippen LogP contribution < -0.4 is 0 Å². The van der Waals surface area contributed by atoms with E-state index >= 15 is 0 Å². The van der Waals surface area contributed by atoms with Gasteiger partial charge in [-0.1, -0.05) is 11.6 Å². The number of carbonyl (C=O) groups is 1. The molecule has 1 aromatic rings. The van der Waals surface area contributed by atoms with Gasteiger partial charge in [0.05, 0.1) is 5.02 Å². The molecule has 1 fully saturated rings. The summed E-state index contributed by atoms with van der Waals surface area (Å²) in [5.74, 6) is 0.0753. The number of nitrogens with zero attached hydrogens (tertiary/aromatic N) is 2. The number of rotatable bonds is 4. The monoisotopic (exact) mass is 288 g/mol. The molecule has 4 nitrogen and oxygen atoms in total. The Kier molecular flexibility index (Phi) is 5.00. The second-order valence-corrected chi connectivity index (χ2v) is 5.69. The van der Waals surface area contributed by atoms with Crippen LogP contribution in [0.1, 0.15) is 4.88 Å². The van der Waals surface area contributed by atoms with E-state index in [0.717, 1.165) is 37.7 Å². The molecule has 1 amide bonds. The number of piperazine rings is 1. The quantitative estimate of drug-likeness (QED) is 0.845. The highest BCUT2D eigenvalue weighted by atomic mass is 35.5. The number of thiophene rings is 1. The molecule has 0 atom stereocenters. The molecule has 0 aliphatic carbocycles. The number of halogens is 1. The number of carbonyl (C=O) groups excluding carboxylic acids is 1. The standard InChI is InChI=1S/C12H17ClN2O2S/c1-17-9-12(16)15-5-3-14(4-6-15)8-11-10(13)2-7-18-11/h2,7H,3-6,8-9H2,1H3.